The van der Waals surface area contributed by atoms with Crippen LogP contribution in [0.2, 0.25) is 0 Å². The SMILES string of the molecule is CC(CO)(CCO)C(CO)CO. The third-order valence-corrected chi connectivity index (χ3v) is 2.47. The minimum atomic E-state index is -0.585. The van der Waals surface area contributed by atoms with Gasteiger partial charge in [-0.05, 0) is 11.8 Å². The summed E-state index contributed by atoms with van der Waals surface area (Å²) >= 11 is 0. The average molecular weight is 178 g/mol. The molecular formula is C8H18O4. The van der Waals surface area contributed by atoms with E-state index in [1.807, 2.05) is 0 Å². The Morgan fingerprint density at radius 2 is 1.58 bits per heavy atom. The molecule has 0 bridgehead atoms. The van der Waals surface area contributed by atoms with Crippen LogP contribution in [0.1, 0.15) is 13.3 Å². The molecular weight excluding hydrogens is 160 g/mol. The molecule has 0 radical (unpaired) electrons. The predicted molar refractivity (Wildman–Crippen MR) is 44.6 cm³/mol. The topological polar surface area (TPSA) is 80.9 Å². The molecule has 12 heavy (non-hydrogen) atoms. The van der Waals surface area contributed by atoms with Gasteiger partial charge in [0.05, 0.1) is 0 Å². The van der Waals surface area contributed by atoms with Gasteiger partial charge in [-0.1, -0.05) is 6.92 Å². The Kier molecular flexibility index (Phi) is 5.41. The molecule has 0 aromatic rings. The minimum Gasteiger partial charge on any atom is -0.396 e. The monoisotopic (exact) mass is 178 g/mol. The maximum Gasteiger partial charge on any atom is 0.0490 e. The van der Waals surface area contributed by atoms with Crippen molar-refractivity contribution < 1.29 is 20.4 Å². The molecule has 1 atom stereocenters. The molecule has 74 valence electrons. The van der Waals surface area contributed by atoms with Gasteiger partial charge in [0.15, 0.2) is 0 Å². The molecule has 0 saturated carbocycles. The van der Waals surface area contributed by atoms with Gasteiger partial charge in [0.1, 0.15) is 0 Å². The van der Waals surface area contributed by atoms with Gasteiger partial charge in [0, 0.05) is 32.3 Å². The lowest BCUT2D eigenvalue weighted by Gasteiger charge is -2.33. The Hall–Kier alpha value is -0.160. The first-order chi connectivity index (χ1) is 5.64. The summed E-state index contributed by atoms with van der Waals surface area (Å²) in [4.78, 5) is 0. The fourth-order valence-electron chi connectivity index (χ4n) is 1.17. The van der Waals surface area contributed by atoms with E-state index in [2.05, 4.69) is 0 Å². The van der Waals surface area contributed by atoms with E-state index in [0.717, 1.165) is 0 Å². The highest BCUT2D eigenvalue weighted by atomic mass is 16.3. The van der Waals surface area contributed by atoms with Crippen LogP contribution in [0.3, 0.4) is 0 Å². The molecule has 0 aromatic heterocycles. The van der Waals surface area contributed by atoms with Gasteiger partial charge in [0.2, 0.25) is 0 Å². The van der Waals surface area contributed by atoms with Crippen LogP contribution in [-0.4, -0.2) is 46.9 Å². The third kappa shape index (κ3) is 2.71. The molecule has 0 amide bonds. The smallest absolute Gasteiger partial charge is 0.0490 e. The molecule has 0 spiro atoms. The molecule has 0 rings (SSSR count). The summed E-state index contributed by atoms with van der Waals surface area (Å²) in [7, 11) is 0. The van der Waals surface area contributed by atoms with Crippen LogP contribution in [0.4, 0.5) is 0 Å². The lowest BCUT2D eigenvalue weighted by Crippen LogP contribution is -2.36. The van der Waals surface area contributed by atoms with Crippen molar-refractivity contribution in [1.29, 1.82) is 0 Å². The van der Waals surface area contributed by atoms with Crippen LogP contribution in [0.5, 0.6) is 0 Å². The molecule has 0 aliphatic rings. The highest BCUT2D eigenvalue weighted by molar-refractivity contribution is 4.80. The molecule has 1 unspecified atom stereocenters. The number of aliphatic hydroxyl groups is 4. The second-order valence-corrected chi connectivity index (χ2v) is 3.35. The fraction of sp³-hybridized carbons (Fsp3) is 1.00. The molecule has 4 N–H and O–H groups in total. The Morgan fingerprint density at radius 3 is 1.83 bits per heavy atom. The number of rotatable bonds is 6. The Balaban J connectivity index is 4.24. The van der Waals surface area contributed by atoms with Gasteiger partial charge in [0.25, 0.3) is 0 Å². The van der Waals surface area contributed by atoms with Crippen LogP contribution < -0.4 is 0 Å². The van der Waals surface area contributed by atoms with E-state index in [9.17, 15) is 0 Å². The van der Waals surface area contributed by atoms with Crippen molar-refractivity contribution in [2.24, 2.45) is 11.3 Å². The lowest BCUT2D eigenvalue weighted by molar-refractivity contribution is -0.00628. The molecule has 4 nitrogen and oxygen atoms in total. The largest absolute Gasteiger partial charge is 0.396 e. The highest BCUT2D eigenvalue weighted by Gasteiger charge is 2.32. The van der Waals surface area contributed by atoms with Gasteiger partial charge in [-0.3, -0.25) is 0 Å². The van der Waals surface area contributed by atoms with Crippen molar-refractivity contribution in [2.75, 3.05) is 26.4 Å². The van der Waals surface area contributed by atoms with Crippen molar-refractivity contribution >= 4 is 0 Å². The van der Waals surface area contributed by atoms with Crippen LogP contribution in [-0.2, 0) is 0 Å². The minimum absolute atomic E-state index is 0.0481. The first-order valence-electron chi connectivity index (χ1n) is 4.08. The molecule has 0 saturated heterocycles. The molecule has 4 heteroatoms. The van der Waals surface area contributed by atoms with Crippen LogP contribution >= 0.6 is 0 Å². The quantitative estimate of drug-likeness (QED) is 0.419. The summed E-state index contributed by atoms with van der Waals surface area (Å²) in [6.45, 7) is 1.20. The van der Waals surface area contributed by atoms with E-state index >= 15 is 0 Å². The zero-order valence-corrected chi connectivity index (χ0v) is 7.40. The highest BCUT2D eigenvalue weighted by Crippen LogP contribution is 2.29. The number of hydrogen-bond acceptors (Lipinski definition) is 4. The fourth-order valence-corrected chi connectivity index (χ4v) is 1.17. The van der Waals surface area contributed by atoms with Gasteiger partial charge in [-0.2, -0.15) is 0 Å². The zero-order chi connectivity index (χ0) is 9.61. The van der Waals surface area contributed by atoms with Crippen molar-refractivity contribution in [3.05, 3.63) is 0 Å². The molecule has 0 aliphatic heterocycles. The van der Waals surface area contributed by atoms with E-state index in [0.29, 0.717) is 6.42 Å². The summed E-state index contributed by atoms with van der Waals surface area (Å²) in [6.07, 6.45) is 0.384. The van der Waals surface area contributed by atoms with E-state index < -0.39 is 5.41 Å². The van der Waals surface area contributed by atoms with Gasteiger partial charge in [-0.15, -0.1) is 0 Å². The van der Waals surface area contributed by atoms with E-state index in [1.165, 1.54) is 0 Å². The standard InChI is InChI=1S/C8H18O4/c1-8(6-12,2-3-9)7(4-10)5-11/h7,9-12H,2-6H2,1H3. The second-order valence-electron chi connectivity index (χ2n) is 3.35. The Labute approximate surface area is 72.5 Å². The first-order valence-corrected chi connectivity index (χ1v) is 4.08. The van der Waals surface area contributed by atoms with Crippen molar-refractivity contribution in [2.45, 2.75) is 13.3 Å². The molecule has 0 fully saturated rings. The summed E-state index contributed by atoms with van der Waals surface area (Å²) < 4.78 is 0. The summed E-state index contributed by atoms with van der Waals surface area (Å²) in [5.74, 6) is -0.366. The van der Waals surface area contributed by atoms with Crippen LogP contribution in [0.15, 0.2) is 0 Å². The Morgan fingerprint density at radius 1 is 1.08 bits per heavy atom. The average Bonchev–Trinajstić information content (AvgIpc) is 2.07. The van der Waals surface area contributed by atoms with Crippen molar-refractivity contribution in [3.63, 3.8) is 0 Å². The van der Waals surface area contributed by atoms with Gasteiger partial charge in [-0.25, -0.2) is 0 Å². The lowest BCUT2D eigenvalue weighted by atomic mass is 9.76. The summed E-state index contributed by atoms with van der Waals surface area (Å²) in [6, 6.07) is 0. The van der Waals surface area contributed by atoms with Gasteiger partial charge >= 0.3 is 0 Å². The number of hydrogen-bond donors (Lipinski definition) is 4. The number of aliphatic hydroxyl groups excluding tert-OH is 4. The molecule has 0 aliphatic carbocycles. The van der Waals surface area contributed by atoms with E-state index in [1.54, 1.807) is 6.92 Å². The van der Waals surface area contributed by atoms with E-state index in [-0.39, 0.29) is 32.3 Å². The van der Waals surface area contributed by atoms with Crippen LogP contribution in [0, 0.1) is 11.3 Å². The summed E-state index contributed by atoms with van der Waals surface area (Å²) in [5, 5.41) is 35.4. The maximum absolute atomic E-state index is 9.02. The van der Waals surface area contributed by atoms with Crippen molar-refractivity contribution in [3.8, 4) is 0 Å². The third-order valence-electron chi connectivity index (χ3n) is 2.47. The maximum atomic E-state index is 9.02. The molecule has 0 aromatic carbocycles. The first kappa shape index (κ1) is 11.8. The molecule has 0 heterocycles. The zero-order valence-electron chi connectivity index (χ0n) is 7.40. The van der Waals surface area contributed by atoms with Crippen LogP contribution in [0.25, 0.3) is 0 Å². The van der Waals surface area contributed by atoms with Crippen molar-refractivity contribution in [1.82, 2.24) is 0 Å². The summed E-state index contributed by atoms with van der Waals surface area (Å²) in [5.41, 5.74) is -0.585. The second kappa shape index (κ2) is 5.48. The van der Waals surface area contributed by atoms with E-state index in [4.69, 9.17) is 20.4 Å². The predicted octanol–water partition coefficient (Wildman–Crippen LogP) is -1.03. The Bertz CT molecular complexity index is 114. The normalized spacial score (nSPS) is 16.5. The van der Waals surface area contributed by atoms with Gasteiger partial charge < -0.3 is 20.4 Å².